The molecular weight excluding hydrogens is 540 g/mol. The molecule has 0 aliphatic carbocycles. The Kier molecular flexibility index (Phi) is 9.02. The van der Waals surface area contributed by atoms with Gasteiger partial charge in [-0.15, -0.1) is 5.10 Å². The van der Waals surface area contributed by atoms with E-state index in [9.17, 15) is 9.59 Å². The van der Waals surface area contributed by atoms with Crippen molar-refractivity contribution in [3.8, 4) is 5.69 Å². The Labute approximate surface area is 243 Å². The molecule has 1 aliphatic heterocycles. The Hall–Kier alpha value is -4.54. The standard InChI is InChI=1S/C30H31ClN8O2/c1-37-15-17-38(18-16-37)26-11-9-25(10-12-26)32-20-27(30(41)22-5-3-2-4-6-22)34-29(40)14-7-23-19-24(31)8-13-28(23)39-21-33-35-36-39/h2-14,19,21,27,32H,15-18,20H2,1H3,(H,34,40)/b14-7+. The molecule has 210 valence electrons. The highest BCUT2D eigenvalue weighted by molar-refractivity contribution is 6.30. The second-order valence-electron chi connectivity index (χ2n) is 9.80. The lowest BCUT2D eigenvalue weighted by molar-refractivity contribution is -0.116. The molecule has 1 aliphatic rings. The second kappa shape index (κ2) is 13.2. The maximum absolute atomic E-state index is 13.4. The maximum atomic E-state index is 13.4. The fraction of sp³-hybridized carbons (Fsp3) is 0.233. The van der Waals surface area contributed by atoms with Crippen LogP contribution in [0, 0.1) is 0 Å². The van der Waals surface area contributed by atoms with Crippen LogP contribution < -0.4 is 15.5 Å². The highest BCUT2D eigenvalue weighted by atomic mass is 35.5. The molecule has 2 N–H and O–H groups in total. The fourth-order valence-corrected chi connectivity index (χ4v) is 4.79. The lowest BCUT2D eigenvalue weighted by atomic mass is 10.0. The number of nitrogens with zero attached hydrogens (tertiary/aromatic N) is 6. The minimum Gasteiger partial charge on any atom is -0.382 e. The van der Waals surface area contributed by atoms with E-state index in [2.05, 4.69) is 55.1 Å². The van der Waals surface area contributed by atoms with Crippen LogP contribution in [0.25, 0.3) is 11.8 Å². The number of piperazine rings is 1. The molecule has 1 fully saturated rings. The number of benzene rings is 3. The smallest absolute Gasteiger partial charge is 0.244 e. The average Bonchev–Trinajstić information content (AvgIpc) is 3.54. The molecule has 4 aromatic rings. The highest BCUT2D eigenvalue weighted by Gasteiger charge is 2.22. The van der Waals surface area contributed by atoms with E-state index in [1.807, 2.05) is 18.2 Å². The molecule has 1 saturated heterocycles. The molecule has 1 amide bonds. The Bertz CT molecular complexity index is 1480. The van der Waals surface area contributed by atoms with Gasteiger partial charge in [0, 0.05) is 66.3 Å². The van der Waals surface area contributed by atoms with Crippen molar-refractivity contribution in [3.63, 3.8) is 0 Å². The van der Waals surface area contributed by atoms with E-state index >= 15 is 0 Å². The first-order valence-electron chi connectivity index (χ1n) is 13.3. The van der Waals surface area contributed by atoms with Gasteiger partial charge in [-0.2, -0.15) is 4.68 Å². The maximum Gasteiger partial charge on any atom is 0.244 e. The van der Waals surface area contributed by atoms with Crippen LogP contribution in [0.1, 0.15) is 15.9 Å². The first kappa shape index (κ1) is 28.0. The number of tetrazole rings is 1. The molecule has 0 saturated carbocycles. The molecule has 1 unspecified atom stereocenters. The predicted molar refractivity (Wildman–Crippen MR) is 161 cm³/mol. The summed E-state index contributed by atoms with van der Waals surface area (Å²) in [5.41, 5.74) is 3.85. The van der Waals surface area contributed by atoms with Gasteiger partial charge in [0.25, 0.3) is 0 Å². The van der Waals surface area contributed by atoms with Crippen molar-refractivity contribution in [2.24, 2.45) is 0 Å². The summed E-state index contributed by atoms with van der Waals surface area (Å²) >= 11 is 6.19. The largest absolute Gasteiger partial charge is 0.382 e. The monoisotopic (exact) mass is 570 g/mol. The summed E-state index contributed by atoms with van der Waals surface area (Å²) in [5, 5.41) is 17.9. The van der Waals surface area contributed by atoms with Gasteiger partial charge in [0.2, 0.25) is 5.91 Å². The van der Waals surface area contributed by atoms with E-state index < -0.39 is 11.9 Å². The molecule has 0 radical (unpaired) electrons. The first-order valence-corrected chi connectivity index (χ1v) is 13.7. The van der Waals surface area contributed by atoms with E-state index in [0.29, 0.717) is 21.8 Å². The van der Waals surface area contributed by atoms with Crippen LogP contribution in [-0.4, -0.2) is 82.6 Å². The van der Waals surface area contributed by atoms with Gasteiger partial charge in [-0.05, 0) is 66.0 Å². The molecule has 0 spiro atoms. The normalized spacial score (nSPS) is 14.6. The van der Waals surface area contributed by atoms with Gasteiger partial charge in [0.05, 0.1) is 5.69 Å². The Morgan fingerprint density at radius 3 is 2.46 bits per heavy atom. The van der Waals surface area contributed by atoms with Gasteiger partial charge < -0.3 is 20.4 Å². The summed E-state index contributed by atoms with van der Waals surface area (Å²) in [6, 6.07) is 21.5. The van der Waals surface area contributed by atoms with Crippen molar-refractivity contribution < 1.29 is 9.59 Å². The van der Waals surface area contributed by atoms with E-state index in [1.165, 1.54) is 22.8 Å². The van der Waals surface area contributed by atoms with Crippen LogP contribution in [0.2, 0.25) is 5.02 Å². The zero-order chi connectivity index (χ0) is 28.6. The number of Topliss-reactive ketones (excluding diaryl/α,β-unsaturated/α-hetero) is 1. The second-order valence-corrected chi connectivity index (χ2v) is 10.2. The molecule has 5 rings (SSSR count). The third-order valence-corrected chi connectivity index (χ3v) is 7.17. The van der Waals surface area contributed by atoms with Crippen LogP contribution >= 0.6 is 11.6 Å². The molecule has 1 atom stereocenters. The number of aromatic nitrogens is 4. The van der Waals surface area contributed by atoms with Gasteiger partial charge in [-0.25, -0.2) is 0 Å². The van der Waals surface area contributed by atoms with Crippen molar-refractivity contribution in [1.82, 2.24) is 30.4 Å². The van der Waals surface area contributed by atoms with Crippen LogP contribution in [0.4, 0.5) is 11.4 Å². The summed E-state index contributed by atoms with van der Waals surface area (Å²) < 4.78 is 1.48. The van der Waals surface area contributed by atoms with Gasteiger partial charge in [-0.1, -0.05) is 41.9 Å². The van der Waals surface area contributed by atoms with Gasteiger partial charge in [0.15, 0.2) is 5.78 Å². The third kappa shape index (κ3) is 7.36. The molecular formula is C30H31ClN8O2. The summed E-state index contributed by atoms with van der Waals surface area (Å²) in [5.74, 6) is -0.611. The zero-order valence-corrected chi connectivity index (χ0v) is 23.4. The van der Waals surface area contributed by atoms with E-state index in [1.54, 1.807) is 48.5 Å². The van der Waals surface area contributed by atoms with Gasteiger partial charge >= 0.3 is 0 Å². The van der Waals surface area contributed by atoms with Crippen molar-refractivity contribution >= 4 is 40.7 Å². The van der Waals surface area contributed by atoms with E-state index in [4.69, 9.17) is 11.6 Å². The van der Waals surface area contributed by atoms with Crippen LogP contribution in [0.5, 0.6) is 0 Å². The summed E-state index contributed by atoms with van der Waals surface area (Å²) in [6.45, 7) is 4.27. The molecule has 3 aromatic carbocycles. The molecule has 1 aromatic heterocycles. The number of rotatable bonds is 10. The van der Waals surface area contributed by atoms with E-state index in [-0.39, 0.29) is 12.3 Å². The van der Waals surface area contributed by atoms with Crippen molar-refractivity contribution in [2.75, 3.05) is 50.0 Å². The van der Waals surface area contributed by atoms with Crippen LogP contribution in [-0.2, 0) is 4.79 Å². The summed E-state index contributed by atoms with van der Waals surface area (Å²) in [4.78, 5) is 31.1. The summed E-state index contributed by atoms with van der Waals surface area (Å²) in [7, 11) is 2.14. The molecule has 2 heterocycles. The van der Waals surface area contributed by atoms with Crippen molar-refractivity contribution in [1.29, 1.82) is 0 Å². The highest BCUT2D eigenvalue weighted by Crippen LogP contribution is 2.21. The number of hydrogen-bond donors (Lipinski definition) is 2. The molecule has 11 heteroatoms. The molecule has 0 bridgehead atoms. The van der Waals surface area contributed by atoms with Crippen molar-refractivity contribution in [3.05, 3.63) is 101 Å². The summed E-state index contributed by atoms with van der Waals surface area (Å²) in [6.07, 6.45) is 4.45. The van der Waals surface area contributed by atoms with Crippen LogP contribution in [0.3, 0.4) is 0 Å². The number of halogens is 1. The Morgan fingerprint density at radius 1 is 1.00 bits per heavy atom. The molecule has 10 nitrogen and oxygen atoms in total. The lowest BCUT2D eigenvalue weighted by Gasteiger charge is -2.34. The number of anilines is 2. The Balaban J connectivity index is 1.28. The number of ketones is 1. The van der Waals surface area contributed by atoms with Crippen LogP contribution in [0.15, 0.2) is 85.2 Å². The number of carbonyl (C=O) groups excluding carboxylic acids is 2. The third-order valence-electron chi connectivity index (χ3n) is 6.94. The average molecular weight is 571 g/mol. The number of nitrogens with one attached hydrogen (secondary N) is 2. The van der Waals surface area contributed by atoms with Crippen molar-refractivity contribution in [2.45, 2.75) is 6.04 Å². The quantitative estimate of drug-likeness (QED) is 0.220. The topological polar surface area (TPSA) is 108 Å². The number of hydrogen-bond acceptors (Lipinski definition) is 8. The molecule has 41 heavy (non-hydrogen) atoms. The number of carbonyl (C=O) groups is 2. The lowest BCUT2D eigenvalue weighted by Crippen LogP contribution is -2.45. The zero-order valence-electron chi connectivity index (χ0n) is 22.7. The van der Waals surface area contributed by atoms with Gasteiger partial charge in [0.1, 0.15) is 12.4 Å². The van der Waals surface area contributed by atoms with Gasteiger partial charge in [-0.3, -0.25) is 9.59 Å². The van der Waals surface area contributed by atoms with E-state index in [0.717, 1.165) is 31.9 Å². The minimum absolute atomic E-state index is 0.189. The Morgan fingerprint density at radius 2 is 1.76 bits per heavy atom. The number of amides is 1. The SMILES string of the molecule is CN1CCN(c2ccc(NCC(NC(=O)/C=C/c3cc(Cl)ccc3-n3cnnn3)C(=O)c3ccccc3)cc2)CC1. The number of likely N-dealkylation sites (N-methyl/N-ethyl adjacent to an activating group) is 1. The first-order chi connectivity index (χ1) is 20.0. The predicted octanol–water partition coefficient (Wildman–Crippen LogP) is 3.56. The minimum atomic E-state index is -0.801. The fourth-order valence-electron chi connectivity index (χ4n) is 4.61.